The molecule has 0 radical (unpaired) electrons. The van der Waals surface area contributed by atoms with E-state index in [0.29, 0.717) is 29.5 Å². The number of aromatic nitrogens is 4. The molecule has 2 aromatic heterocycles. The number of anilines is 1. The Kier molecular flexibility index (Phi) is 4.33. The molecule has 1 saturated heterocycles. The number of amides is 1. The molecule has 1 spiro atoms. The van der Waals surface area contributed by atoms with Gasteiger partial charge in [0.15, 0.2) is 5.82 Å². The first-order valence-corrected chi connectivity index (χ1v) is 11.6. The van der Waals surface area contributed by atoms with Crippen LogP contribution in [-0.4, -0.2) is 42.9 Å². The highest BCUT2D eigenvalue weighted by Gasteiger charge is 2.64. The van der Waals surface area contributed by atoms with E-state index in [0.717, 1.165) is 43.3 Å². The first-order valence-electron chi connectivity index (χ1n) is 11.6. The van der Waals surface area contributed by atoms with Gasteiger partial charge in [0.05, 0.1) is 53.6 Å². The van der Waals surface area contributed by atoms with Crippen molar-refractivity contribution in [2.75, 3.05) is 11.4 Å². The number of nitriles is 1. The molecule has 2 saturated carbocycles. The molecule has 1 N–H and O–H groups in total. The molecule has 174 valence electrons. The zero-order valence-corrected chi connectivity index (χ0v) is 19.2. The number of nitrogens with zero attached hydrogens (tertiary/aromatic N) is 6. The van der Waals surface area contributed by atoms with Crippen LogP contribution in [0, 0.1) is 22.7 Å². The fourth-order valence-corrected chi connectivity index (χ4v) is 5.86. The van der Waals surface area contributed by atoms with Crippen molar-refractivity contribution in [1.29, 1.82) is 5.26 Å². The van der Waals surface area contributed by atoms with Gasteiger partial charge >= 0.3 is 6.09 Å². The van der Waals surface area contributed by atoms with Crippen molar-refractivity contribution in [2.24, 2.45) is 11.3 Å². The maximum absolute atomic E-state index is 12.9. The average molecular weight is 459 g/mol. The number of ether oxygens (including phenoxy) is 1. The molecular weight excluding hydrogens is 432 g/mol. The second kappa shape index (κ2) is 7.00. The van der Waals surface area contributed by atoms with E-state index in [1.165, 1.54) is 12.4 Å². The lowest BCUT2D eigenvalue weighted by atomic mass is 9.77. The Bertz CT molecular complexity index is 1340. The van der Waals surface area contributed by atoms with Crippen LogP contribution in [0.5, 0.6) is 0 Å². The van der Waals surface area contributed by atoms with Gasteiger partial charge < -0.3 is 14.4 Å². The Morgan fingerprint density at radius 2 is 2.15 bits per heavy atom. The quantitative estimate of drug-likeness (QED) is 0.636. The minimum absolute atomic E-state index is 0.0568. The van der Waals surface area contributed by atoms with E-state index in [4.69, 9.17) is 4.74 Å². The van der Waals surface area contributed by atoms with E-state index in [1.807, 2.05) is 18.5 Å². The third kappa shape index (κ3) is 3.32. The van der Waals surface area contributed by atoms with Gasteiger partial charge in [0.1, 0.15) is 11.2 Å². The minimum atomic E-state index is -1.10. The maximum Gasteiger partial charge on any atom is 0.416 e. The first kappa shape index (κ1) is 21.1. The molecule has 3 fully saturated rings. The van der Waals surface area contributed by atoms with E-state index in [1.54, 1.807) is 24.8 Å². The van der Waals surface area contributed by atoms with Crippen LogP contribution in [-0.2, 0) is 16.9 Å². The van der Waals surface area contributed by atoms with Crippen LogP contribution in [0.2, 0.25) is 0 Å². The summed E-state index contributed by atoms with van der Waals surface area (Å²) < 4.78 is 8.16. The number of carbonyl (C=O) groups is 1. The molecule has 2 aliphatic carbocycles. The summed E-state index contributed by atoms with van der Waals surface area (Å²) in [4.78, 5) is 27.6. The van der Waals surface area contributed by atoms with Crippen LogP contribution in [0.1, 0.15) is 50.8 Å². The van der Waals surface area contributed by atoms with E-state index in [2.05, 4.69) is 25.6 Å². The van der Waals surface area contributed by atoms with Crippen molar-refractivity contribution >= 4 is 22.9 Å². The Hall–Kier alpha value is -3.51. The van der Waals surface area contributed by atoms with Crippen molar-refractivity contribution in [1.82, 2.24) is 19.5 Å². The summed E-state index contributed by atoms with van der Waals surface area (Å²) in [6, 6.07) is 7.77. The van der Waals surface area contributed by atoms with Crippen LogP contribution in [0.4, 0.5) is 10.6 Å². The molecular formula is C25H26N6O3. The average Bonchev–Trinajstić information content (AvgIpc) is 3.22. The van der Waals surface area contributed by atoms with Gasteiger partial charge in [0.2, 0.25) is 0 Å². The second-order valence-corrected chi connectivity index (χ2v) is 10.6. The number of aliphatic hydroxyl groups is 1. The second-order valence-electron chi connectivity index (χ2n) is 10.6. The number of carbonyl (C=O) groups excluding carboxylic acids is 1. The van der Waals surface area contributed by atoms with Gasteiger partial charge in [-0.2, -0.15) is 5.26 Å². The predicted octanol–water partition coefficient (Wildman–Crippen LogP) is 3.51. The molecule has 3 aromatic rings. The number of hydrogen-bond acceptors (Lipinski definition) is 7. The van der Waals surface area contributed by atoms with Gasteiger partial charge in [0, 0.05) is 6.54 Å². The van der Waals surface area contributed by atoms with Crippen LogP contribution in [0.15, 0.2) is 36.9 Å². The molecule has 6 rings (SSSR count). The number of imidazole rings is 1. The lowest BCUT2D eigenvalue weighted by molar-refractivity contribution is -0.000210. The van der Waals surface area contributed by atoms with Crippen LogP contribution in [0.25, 0.3) is 11.0 Å². The summed E-state index contributed by atoms with van der Waals surface area (Å²) in [5.74, 6) is 1.04. The van der Waals surface area contributed by atoms with E-state index < -0.39 is 17.3 Å². The molecule has 3 aliphatic rings. The SMILES string of the molecule is CC(C)(O)c1cnc(N2C[C@@]3(CC[C@H]4CC4(Cn4cnc5ccc(C#N)cc54)C3)OC2=O)cn1. The van der Waals surface area contributed by atoms with Crippen molar-refractivity contribution in [3.63, 3.8) is 0 Å². The molecule has 3 heterocycles. The molecule has 3 atom stereocenters. The maximum atomic E-state index is 12.9. The molecule has 34 heavy (non-hydrogen) atoms. The molecule has 1 aromatic carbocycles. The lowest BCUT2D eigenvalue weighted by Gasteiger charge is -2.36. The monoisotopic (exact) mass is 458 g/mol. The number of rotatable bonds is 4. The molecule has 1 amide bonds. The molecule has 1 aliphatic heterocycles. The molecule has 0 bridgehead atoms. The third-order valence-corrected chi connectivity index (χ3v) is 7.73. The number of hydrogen-bond donors (Lipinski definition) is 1. The van der Waals surface area contributed by atoms with E-state index >= 15 is 0 Å². The highest BCUT2D eigenvalue weighted by Crippen LogP contribution is 2.65. The zero-order valence-electron chi connectivity index (χ0n) is 19.2. The van der Waals surface area contributed by atoms with Crippen LogP contribution < -0.4 is 4.90 Å². The van der Waals surface area contributed by atoms with E-state index in [-0.39, 0.29) is 5.41 Å². The van der Waals surface area contributed by atoms with E-state index in [9.17, 15) is 15.2 Å². The predicted molar refractivity (Wildman–Crippen MR) is 123 cm³/mol. The summed E-state index contributed by atoms with van der Waals surface area (Å²) in [5.41, 5.74) is 1.33. The fourth-order valence-electron chi connectivity index (χ4n) is 5.86. The van der Waals surface area contributed by atoms with Gasteiger partial charge in [-0.05, 0) is 69.1 Å². The van der Waals surface area contributed by atoms with Gasteiger partial charge in [-0.15, -0.1) is 0 Å². The van der Waals surface area contributed by atoms with Crippen molar-refractivity contribution < 1.29 is 14.6 Å². The summed E-state index contributed by atoms with van der Waals surface area (Å²) in [7, 11) is 0. The Morgan fingerprint density at radius 1 is 1.29 bits per heavy atom. The van der Waals surface area contributed by atoms with Gasteiger partial charge in [0.25, 0.3) is 0 Å². The first-order chi connectivity index (χ1) is 16.2. The smallest absolute Gasteiger partial charge is 0.416 e. The summed E-state index contributed by atoms with van der Waals surface area (Å²) in [6.45, 7) is 4.53. The number of fused-ring (bicyclic) bond motifs is 2. The Balaban J connectivity index is 1.23. The highest BCUT2D eigenvalue weighted by atomic mass is 16.6. The van der Waals surface area contributed by atoms with Gasteiger partial charge in [-0.1, -0.05) is 0 Å². The standard InChI is InChI=1S/C25H26N6O3/c1-23(2,33)20-10-28-21(11-27-20)31-14-25(34-22(31)32)6-5-17-8-24(17,12-25)13-30-15-29-18-4-3-16(9-26)7-19(18)30/h3-4,7,10-11,15,17,33H,5-6,8,12-14H2,1-2H3/t17-,24?,25-/m0/s1. The normalized spacial score (nSPS) is 28.1. The molecule has 9 nitrogen and oxygen atoms in total. The van der Waals surface area contributed by atoms with Gasteiger partial charge in [-0.25, -0.2) is 14.8 Å². The van der Waals surface area contributed by atoms with Crippen molar-refractivity contribution in [2.45, 2.75) is 57.3 Å². The third-order valence-electron chi connectivity index (χ3n) is 7.73. The zero-order chi connectivity index (χ0) is 23.7. The summed E-state index contributed by atoms with van der Waals surface area (Å²) in [6.07, 6.45) is 8.23. The molecule has 1 unspecified atom stereocenters. The van der Waals surface area contributed by atoms with Gasteiger partial charge in [-0.3, -0.25) is 9.88 Å². The highest BCUT2D eigenvalue weighted by molar-refractivity contribution is 5.89. The topological polar surface area (TPSA) is 117 Å². The fraction of sp³-hybridized carbons (Fsp3) is 0.480. The number of benzene rings is 1. The van der Waals surface area contributed by atoms with Crippen molar-refractivity contribution in [3.8, 4) is 6.07 Å². The van der Waals surface area contributed by atoms with Crippen LogP contribution >= 0.6 is 0 Å². The Labute approximate surface area is 197 Å². The summed E-state index contributed by atoms with van der Waals surface area (Å²) in [5, 5.41) is 19.4. The summed E-state index contributed by atoms with van der Waals surface area (Å²) >= 11 is 0. The molecule has 9 heteroatoms. The van der Waals surface area contributed by atoms with Crippen molar-refractivity contribution in [3.05, 3.63) is 48.2 Å². The largest absolute Gasteiger partial charge is 0.441 e. The van der Waals surface area contributed by atoms with Crippen LogP contribution in [0.3, 0.4) is 0 Å². The minimum Gasteiger partial charge on any atom is -0.441 e. The Morgan fingerprint density at radius 3 is 2.88 bits per heavy atom. The lowest BCUT2D eigenvalue weighted by Crippen LogP contribution is -2.41.